The Bertz CT molecular complexity index is 379. The molecule has 0 aliphatic rings. The Balaban J connectivity index is 2.86. The summed E-state index contributed by atoms with van der Waals surface area (Å²) >= 11 is 2.37. The number of hydrogen-bond donors (Lipinski definition) is 2. The minimum atomic E-state index is -0.0914. The number of alkyl halides is 1. The molecule has 0 bridgehead atoms. The van der Waals surface area contributed by atoms with Crippen LogP contribution in [0.5, 0.6) is 5.75 Å². The third kappa shape index (κ3) is 3.66. The van der Waals surface area contributed by atoms with E-state index >= 15 is 0 Å². The first-order valence-corrected chi connectivity index (χ1v) is 6.49. The summed E-state index contributed by atoms with van der Waals surface area (Å²) in [4.78, 5) is 10.8. The lowest BCUT2D eigenvalue weighted by Gasteiger charge is -2.11. The lowest BCUT2D eigenvalue weighted by atomic mass is 10.1. The van der Waals surface area contributed by atoms with Crippen LogP contribution in [0.4, 0.5) is 0 Å². The lowest BCUT2D eigenvalue weighted by Crippen LogP contribution is -2.19. The van der Waals surface area contributed by atoms with Crippen molar-refractivity contribution in [2.45, 2.75) is 30.7 Å². The molecule has 1 unspecified atom stereocenters. The molecule has 1 aromatic rings. The minimum absolute atomic E-state index is 0.0914. The van der Waals surface area contributed by atoms with E-state index in [-0.39, 0.29) is 11.7 Å². The Morgan fingerprint density at radius 2 is 2.25 bits per heavy atom. The third-order valence-electron chi connectivity index (χ3n) is 2.35. The van der Waals surface area contributed by atoms with Gasteiger partial charge in [-0.25, -0.2) is 0 Å². The van der Waals surface area contributed by atoms with E-state index in [4.69, 9.17) is 0 Å². The number of hydrogen-bond acceptors (Lipinski definition) is 2. The van der Waals surface area contributed by atoms with Crippen molar-refractivity contribution in [3.63, 3.8) is 0 Å². The van der Waals surface area contributed by atoms with Crippen molar-refractivity contribution in [1.82, 2.24) is 5.32 Å². The molecule has 0 aliphatic heterocycles. The third-order valence-corrected chi connectivity index (χ3v) is 3.95. The maximum atomic E-state index is 10.8. The molecular weight excluding hydrogens is 317 g/mol. The second-order valence-corrected chi connectivity index (χ2v) is 5.18. The second kappa shape index (κ2) is 6.08. The zero-order chi connectivity index (χ0) is 12.1. The highest BCUT2D eigenvalue weighted by atomic mass is 127. The molecule has 0 spiro atoms. The van der Waals surface area contributed by atoms with Gasteiger partial charge in [0.15, 0.2) is 0 Å². The molecule has 1 aromatic carbocycles. The van der Waals surface area contributed by atoms with Crippen LogP contribution in [0, 0.1) is 0 Å². The van der Waals surface area contributed by atoms with E-state index in [0.717, 1.165) is 12.0 Å². The molecule has 4 heteroatoms. The highest BCUT2D eigenvalue weighted by molar-refractivity contribution is 14.1. The van der Waals surface area contributed by atoms with Crippen molar-refractivity contribution >= 4 is 28.5 Å². The van der Waals surface area contributed by atoms with Crippen LogP contribution in [0.25, 0.3) is 0 Å². The van der Waals surface area contributed by atoms with Crippen LogP contribution in [0.1, 0.15) is 35.3 Å². The molecule has 3 nitrogen and oxygen atoms in total. The SMILES string of the molecule is CCC(I)c1ccc(O)c(CNC(C)=O)c1. The number of aromatic hydroxyl groups is 1. The average molecular weight is 333 g/mol. The molecule has 0 saturated heterocycles. The van der Waals surface area contributed by atoms with Gasteiger partial charge in [-0.15, -0.1) is 0 Å². The van der Waals surface area contributed by atoms with Gasteiger partial charge in [0, 0.05) is 23.0 Å². The molecule has 2 N–H and O–H groups in total. The summed E-state index contributed by atoms with van der Waals surface area (Å²) in [6, 6.07) is 5.56. The standard InChI is InChI=1S/C12H16INO2/c1-3-11(13)9-4-5-12(16)10(6-9)7-14-8(2)15/h4-6,11,16H,3,7H2,1-2H3,(H,14,15). The molecule has 0 aromatic heterocycles. The van der Waals surface area contributed by atoms with Crippen LogP contribution in [0.3, 0.4) is 0 Å². The van der Waals surface area contributed by atoms with Crippen molar-refractivity contribution in [2.75, 3.05) is 0 Å². The molecule has 88 valence electrons. The summed E-state index contributed by atoms with van der Waals surface area (Å²) in [6.45, 7) is 3.97. The van der Waals surface area contributed by atoms with E-state index in [0.29, 0.717) is 10.5 Å². The quantitative estimate of drug-likeness (QED) is 0.658. The molecule has 1 amide bonds. The molecule has 0 saturated carbocycles. The van der Waals surface area contributed by atoms with E-state index in [1.54, 1.807) is 6.07 Å². The second-order valence-electron chi connectivity index (χ2n) is 3.67. The van der Waals surface area contributed by atoms with Gasteiger partial charge in [-0.2, -0.15) is 0 Å². The average Bonchev–Trinajstić information content (AvgIpc) is 2.26. The first-order valence-electron chi connectivity index (χ1n) is 5.25. The van der Waals surface area contributed by atoms with Gasteiger partial charge in [-0.05, 0) is 24.1 Å². The number of phenolic OH excluding ortho intramolecular Hbond substituents is 1. The molecule has 0 fully saturated rings. The van der Waals surface area contributed by atoms with E-state index in [2.05, 4.69) is 34.8 Å². The van der Waals surface area contributed by atoms with Crippen molar-refractivity contribution in [1.29, 1.82) is 0 Å². The summed E-state index contributed by atoms with van der Waals surface area (Å²) < 4.78 is 0.439. The highest BCUT2D eigenvalue weighted by Gasteiger charge is 2.08. The molecule has 16 heavy (non-hydrogen) atoms. The summed E-state index contributed by atoms with van der Waals surface area (Å²) in [5.74, 6) is 0.142. The predicted molar refractivity (Wildman–Crippen MR) is 72.7 cm³/mol. The van der Waals surface area contributed by atoms with E-state index < -0.39 is 0 Å². The maximum absolute atomic E-state index is 10.8. The number of halogens is 1. The van der Waals surface area contributed by atoms with E-state index in [1.165, 1.54) is 12.5 Å². The number of rotatable bonds is 4. The Morgan fingerprint density at radius 1 is 1.56 bits per heavy atom. The number of carbonyl (C=O) groups excluding carboxylic acids is 1. The number of phenols is 1. The number of benzene rings is 1. The van der Waals surface area contributed by atoms with Gasteiger partial charge in [0.1, 0.15) is 5.75 Å². The maximum Gasteiger partial charge on any atom is 0.217 e. The summed E-state index contributed by atoms with van der Waals surface area (Å²) in [7, 11) is 0. The first-order chi connectivity index (χ1) is 7.54. The summed E-state index contributed by atoms with van der Waals surface area (Å²) in [5, 5.41) is 12.3. The highest BCUT2D eigenvalue weighted by Crippen LogP contribution is 2.30. The molecule has 1 rings (SSSR count). The molecule has 0 heterocycles. The first kappa shape index (κ1) is 13.3. The normalized spacial score (nSPS) is 12.2. The van der Waals surface area contributed by atoms with Crippen LogP contribution >= 0.6 is 22.6 Å². The number of nitrogens with one attached hydrogen (secondary N) is 1. The zero-order valence-corrected chi connectivity index (χ0v) is 11.6. The van der Waals surface area contributed by atoms with Crippen LogP contribution in [0.15, 0.2) is 18.2 Å². The molecule has 1 atom stereocenters. The van der Waals surface area contributed by atoms with Crippen molar-refractivity contribution < 1.29 is 9.90 Å². The Morgan fingerprint density at radius 3 is 2.81 bits per heavy atom. The topological polar surface area (TPSA) is 49.3 Å². The van der Waals surface area contributed by atoms with Gasteiger partial charge in [-0.3, -0.25) is 4.79 Å². The van der Waals surface area contributed by atoms with Crippen LogP contribution in [0.2, 0.25) is 0 Å². The van der Waals surface area contributed by atoms with Crippen LogP contribution in [-0.2, 0) is 11.3 Å². The van der Waals surface area contributed by atoms with Gasteiger partial charge in [0.2, 0.25) is 5.91 Å². The van der Waals surface area contributed by atoms with Crippen molar-refractivity contribution in [3.05, 3.63) is 29.3 Å². The fraction of sp³-hybridized carbons (Fsp3) is 0.417. The van der Waals surface area contributed by atoms with Gasteiger partial charge >= 0.3 is 0 Å². The minimum Gasteiger partial charge on any atom is -0.508 e. The fourth-order valence-electron chi connectivity index (χ4n) is 1.40. The van der Waals surface area contributed by atoms with Gasteiger partial charge in [0.25, 0.3) is 0 Å². The largest absolute Gasteiger partial charge is 0.508 e. The molecular formula is C12H16INO2. The van der Waals surface area contributed by atoms with Crippen LogP contribution in [-0.4, -0.2) is 11.0 Å². The predicted octanol–water partition coefficient (Wildman–Crippen LogP) is 2.91. The summed E-state index contributed by atoms with van der Waals surface area (Å²) in [5.41, 5.74) is 1.95. The van der Waals surface area contributed by atoms with Crippen LogP contribution < -0.4 is 5.32 Å². The monoisotopic (exact) mass is 333 g/mol. The number of amides is 1. The Labute approximate surface area is 109 Å². The van der Waals surface area contributed by atoms with Crippen molar-refractivity contribution in [2.24, 2.45) is 0 Å². The molecule has 0 aliphatic carbocycles. The Hall–Kier alpha value is -0.780. The lowest BCUT2D eigenvalue weighted by molar-refractivity contribution is -0.119. The smallest absolute Gasteiger partial charge is 0.217 e. The van der Waals surface area contributed by atoms with Gasteiger partial charge in [-0.1, -0.05) is 35.6 Å². The van der Waals surface area contributed by atoms with E-state index in [9.17, 15) is 9.90 Å². The number of carbonyl (C=O) groups is 1. The molecule has 0 radical (unpaired) electrons. The van der Waals surface area contributed by atoms with Crippen molar-refractivity contribution in [3.8, 4) is 5.75 Å². The summed E-state index contributed by atoms with van der Waals surface area (Å²) in [6.07, 6.45) is 1.05. The van der Waals surface area contributed by atoms with E-state index in [1.807, 2.05) is 12.1 Å². The zero-order valence-electron chi connectivity index (χ0n) is 9.46. The Kier molecular flexibility index (Phi) is 5.05. The fourth-order valence-corrected chi connectivity index (χ4v) is 1.78. The van der Waals surface area contributed by atoms with Gasteiger partial charge in [0.05, 0.1) is 0 Å². The van der Waals surface area contributed by atoms with Gasteiger partial charge < -0.3 is 10.4 Å².